The minimum Gasteiger partial charge on any atom is -0.365 e. The third-order valence-electron chi connectivity index (χ3n) is 3.24. The largest absolute Gasteiger partial charge is 0.365 e. The van der Waals surface area contributed by atoms with Gasteiger partial charge in [0.15, 0.2) is 0 Å². The Bertz CT molecular complexity index is 406. The Morgan fingerprint density at radius 2 is 2.18 bits per heavy atom. The molecule has 1 aromatic rings. The predicted molar refractivity (Wildman–Crippen MR) is 70.3 cm³/mol. The molecular formula is C13H18ClFN2. The van der Waals surface area contributed by atoms with E-state index < -0.39 is 0 Å². The Hall–Kier alpha value is -0.800. The molecule has 94 valence electrons. The van der Waals surface area contributed by atoms with Crippen LogP contribution in [0.3, 0.4) is 0 Å². The van der Waals surface area contributed by atoms with E-state index in [4.69, 9.17) is 11.6 Å². The first-order valence-electron chi connectivity index (χ1n) is 5.94. The lowest BCUT2D eigenvalue weighted by molar-refractivity contribution is 0.462. The van der Waals surface area contributed by atoms with E-state index in [1.807, 2.05) is 0 Å². The minimum atomic E-state index is -0.360. The van der Waals surface area contributed by atoms with Gasteiger partial charge in [-0.15, -0.1) is 0 Å². The van der Waals surface area contributed by atoms with Gasteiger partial charge in [-0.2, -0.15) is 0 Å². The van der Waals surface area contributed by atoms with Crippen LogP contribution in [0, 0.1) is 5.82 Å². The highest BCUT2D eigenvalue weighted by Crippen LogP contribution is 2.28. The van der Waals surface area contributed by atoms with Crippen LogP contribution < -0.4 is 10.2 Å². The zero-order valence-corrected chi connectivity index (χ0v) is 11.0. The maximum Gasteiger partial charge on any atom is 0.141 e. The van der Waals surface area contributed by atoms with E-state index in [1.165, 1.54) is 6.07 Å². The summed E-state index contributed by atoms with van der Waals surface area (Å²) in [6.45, 7) is 7.27. The first-order valence-corrected chi connectivity index (χ1v) is 6.32. The second-order valence-corrected chi connectivity index (χ2v) is 5.50. The van der Waals surface area contributed by atoms with Crippen LogP contribution in [0.25, 0.3) is 0 Å². The van der Waals surface area contributed by atoms with Crippen LogP contribution in [0.4, 0.5) is 10.1 Å². The molecule has 0 spiro atoms. The van der Waals surface area contributed by atoms with Crippen molar-refractivity contribution in [3.63, 3.8) is 0 Å². The second-order valence-electron chi connectivity index (χ2n) is 5.09. The fourth-order valence-corrected chi connectivity index (χ4v) is 2.46. The van der Waals surface area contributed by atoms with Gasteiger partial charge in [0.1, 0.15) is 5.82 Å². The monoisotopic (exact) mass is 256 g/mol. The summed E-state index contributed by atoms with van der Waals surface area (Å²) >= 11 is 5.85. The van der Waals surface area contributed by atoms with E-state index in [2.05, 4.69) is 24.1 Å². The molecule has 0 aliphatic carbocycles. The molecule has 1 aliphatic rings. The fourth-order valence-electron chi connectivity index (χ4n) is 2.29. The first kappa shape index (κ1) is 12.7. The SMILES string of the molecule is CC1(C)CNCCCN1c1ccc(F)c(Cl)c1. The van der Waals surface area contributed by atoms with Crippen molar-refractivity contribution in [1.29, 1.82) is 0 Å². The third-order valence-corrected chi connectivity index (χ3v) is 3.53. The van der Waals surface area contributed by atoms with Gasteiger partial charge in [0.25, 0.3) is 0 Å². The minimum absolute atomic E-state index is 0.0116. The maximum absolute atomic E-state index is 13.2. The lowest BCUT2D eigenvalue weighted by atomic mass is 10.0. The number of nitrogens with one attached hydrogen (secondary N) is 1. The number of anilines is 1. The normalized spacial score (nSPS) is 20.1. The molecule has 1 aliphatic heterocycles. The van der Waals surface area contributed by atoms with Crippen LogP contribution >= 0.6 is 11.6 Å². The zero-order valence-electron chi connectivity index (χ0n) is 10.3. The molecule has 1 heterocycles. The van der Waals surface area contributed by atoms with Gasteiger partial charge in [-0.05, 0) is 45.0 Å². The van der Waals surface area contributed by atoms with Gasteiger partial charge in [0.05, 0.1) is 5.02 Å². The van der Waals surface area contributed by atoms with Gasteiger partial charge in [-0.25, -0.2) is 4.39 Å². The molecule has 0 aromatic heterocycles. The highest BCUT2D eigenvalue weighted by Gasteiger charge is 2.28. The number of benzene rings is 1. The van der Waals surface area contributed by atoms with E-state index in [0.29, 0.717) is 0 Å². The summed E-state index contributed by atoms with van der Waals surface area (Å²) in [7, 11) is 0. The Kier molecular flexibility index (Phi) is 3.59. The summed E-state index contributed by atoms with van der Waals surface area (Å²) < 4.78 is 13.2. The summed E-state index contributed by atoms with van der Waals surface area (Å²) in [6.07, 6.45) is 1.08. The van der Waals surface area contributed by atoms with Gasteiger partial charge < -0.3 is 10.2 Å². The van der Waals surface area contributed by atoms with Gasteiger partial charge in [0.2, 0.25) is 0 Å². The number of halogens is 2. The van der Waals surface area contributed by atoms with E-state index in [9.17, 15) is 4.39 Å². The third kappa shape index (κ3) is 2.72. The van der Waals surface area contributed by atoms with E-state index >= 15 is 0 Å². The van der Waals surface area contributed by atoms with Crippen molar-refractivity contribution in [2.75, 3.05) is 24.5 Å². The number of hydrogen-bond acceptors (Lipinski definition) is 2. The summed E-state index contributed by atoms with van der Waals surface area (Å²) in [5.74, 6) is -0.360. The molecule has 0 atom stereocenters. The predicted octanol–water partition coefficient (Wildman–Crippen LogP) is 3.06. The molecule has 4 heteroatoms. The van der Waals surface area contributed by atoms with Crippen LogP contribution in [0.5, 0.6) is 0 Å². The van der Waals surface area contributed by atoms with Crippen LogP contribution in [-0.4, -0.2) is 25.2 Å². The Morgan fingerprint density at radius 3 is 2.88 bits per heavy atom. The molecular weight excluding hydrogens is 239 g/mol. The smallest absolute Gasteiger partial charge is 0.141 e. The van der Waals surface area contributed by atoms with Crippen molar-refractivity contribution in [3.8, 4) is 0 Å². The fraction of sp³-hybridized carbons (Fsp3) is 0.538. The standard InChI is InChI=1S/C13H18ClFN2/c1-13(2)9-16-6-3-7-17(13)10-4-5-12(15)11(14)8-10/h4-5,8,16H,3,6-7,9H2,1-2H3. The molecule has 1 N–H and O–H groups in total. The molecule has 1 aromatic carbocycles. The molecule has 2 rings (SSSR count). The highest BCUT2D eigenvalue weighted by molar-refractivity contribution is 6.31. The maximum atomic E-state index is 13.2. The molecule has 0 amide bonds. The summed E-state index contributed by atoms with van der Waals surface area (Å²) in [5.41, 5.74) is 1.00. The van der Waals surface area contributed by atoms with Gasteiger partial charge in [0, 0.05) is 24.3 Å². The first-order chi connectivity index (χ1) is 8.00. The van der Waals surface area contributed by atoms with E-state index in [-0.39, 0.29) is 16.4 Å². The molecule has 0 saturated carbocycles. The average molecular weight is 257 g/mol. The molecule has 2 nitrogen and oxygen atoms in total. The number of hydrogen-bond donors (Lipinski definition) is 1. The van der Waals surface area contributed by atoms with Crippen molar-refractivity contribution in [2.24, 2.45) is 0 Å². The number of nitrogens with zero attached hydrogens (tertiary/aromatic N) is 1. The molecule has 1 saturated heterocycles. The van der Waals surface area contributed by atoms with Crippen LogP contribution in [0.1, 0.15) is 20.3 Å². The average Bonchev–Trinajstić information content (AvgIpc) is 2.43. The Balaban J connectivity index is 2.32. The van der Waals surface area contributed by atoms with Crippen molar-refractivity contribution in [2.45, 2.75) is 25.8 Å². The molecule has 0 bridgehead atoms. The Labute approximate surface area is 107 Å². The summed E-state index contributed by atoms with van der Waals surface area (Å²) in [6, 6.07) is 4.95. The van der Waals surface area contributed by atoms with E-state index in [1.54, 1.807) is 12.1 Å². The van der Waals surface area contributed by atoms with Crippen LogP contribution in [0.2, 0.25) is 5.02 Å². The van der Waals surface area contributed by atoms with Gasteiger partial charge in [-0.3, -0.25) is 0 Å². The molecule has 17 heavy (non-hydrogen) atoms. The van der Waals surface area contributed by atoms with Gasteiger partial charge >= 0.3 is 0 Å². The van der Waals surface area contributed by atoms with Crippen LogP contribution in [0.15, 0.2) is 18.2 Å². The van der Waals surface area contributed by atoms with E-state index in [0.717, 1.165) is 31.7 Å². The highest BCUT2D eigenvalue weighted by atomic mass is 35.5. The van der Waals surface area contributed by atoms with Crippen molar-refractivity contribution >= 4 is 17.3 Å². The molecule has 0 unspecified atom stereocenters. The summed E-state index contributed by atoms with van der Waals surface area (Å²) in [5, 5.41) is 3.60. The number of rotatable bonds is 1. The lowest BCUT2D eigenvalue weighted by Gasteiger charge is -2.39. The quantitative estimate of drug-likeness (QED) is 0.831. The lowest BCUT2D eigenvalue weighted by Crippen LogP contribution is -2.48. The van der Waals surface area contributed by atoms with Crippen molar-refractivity contribution in [1.82, 2.24) is 5.32 Å². The molecule has 1 fully saturated rings. The van der Waals surface area contributed by atoms with Crippen LogP contribution in [-0.2, 0) is 0 Å². The molecule has 0 radical (unpaired) electrons. The zero-order chi connectivity index (χ0) is 12.5. The second kappa shape index (κ2) is 4.83. The topological polar surface area (TPSA) is 15.3 Å². The Morgan fingerprint density at radius 1 is 1.41 bits per heavy atom. The summed E-state index contributed by atoms with van der Waals surface area (Å²) in [4.78, 5) is 2.29. The van der Waals surface area contributed by atoms with Crippen molar-refractivity contribution in [3.05, 3.63) is 29.0 Å². The van der Waals surface area contributed by atoms with Crippen molar-refractivity contribution < 1.29 is 4.39 Å². The van der Waals surface area contributed by atoms with Gasteiger partial charge in [-0.1, -0.05) is 11.6 Å².